The van der Waals surface area contributed by atoms with Crippen LogP contribution in [0.2, 0.25) is 0 Å². The van der Waals surface area contributed by atoms with Crippen LogP contribution in [0.15, 0.2) is 23.4 Å². The smallest absolute Gasteiger partial charge is 0.120 e. The van der Waals surface area contributed by atoms with E-state index in [1.165, 1.54) is 0 Å². The summed E-state index contributed by atoms with van der Waals surface area (Å²) in [6.45, 7) is 0. The van der Waals surface area contributed by atoms with Crippen molar-refractivity contribution in [2.75, 3.05) is 6.26 Å². The molecule has 1 aromatic rings. The molecule has 3 heteroatoms. The summed E-state index contributed by atoms with van der Waals surface area (Å²) in [6.07, 6.45) is 6.09. The zero-order valence-electron chi connectivity index (χ0n) is 6.99. The van der Waals surface area contributed by atoms with Crippen molar-refractivity contribution < 1.29 is 4.79 Å². The molecule has 0 saturated heterocycles. The summed E-state index contributed by atoms with van der Waals surface area (Å²) >= 11 is 1.62. The summed E-state index contributed by atoms with van der Waals surface area (Å²) in [5.74, 6) is 0. The summed E-state index contributed by atoms with van der Waals surface area (Å²) < 4.78 is 0. The molecule has 0 unspecified atom stereocenters. The third kappa shape index (κ3) is 2.34. The second-order valence-electron chi connectivity index (χ2n) is 2.38. The van der Waals surface area contributed by atoms with Crippen molar-refractivity contribution in [3.63, 3.8) is 0 Å². The molecule has 0 bridgehead atoms. The molecule has 64 valence electrons. The molecule has 0 spiro atoms. The maximum absolute atomic E-state index is 10.2. The van der Waals surface area contributed by atoms with Crippen LogP contribution in [-0.4, -0.2) is 17.5 Å². The molecule has 0 amide bonds. The van der Waals surface area contributed by atoms with Gasteiger partial charge in [0.1, 0.15) is 6.29 Å². The van der Waals surface area contributed by atoms with Crippen molar-refractivity contribution in [2.24, 2.45) is 0 Å². The number of hydrogen-bond acceptors (Lipinski definition) is 3. The maximum Gasteiger partial charge on any atom is 0.120 e. The quantitative estimate of drug-likeness (QED) is 0.525. The van der Waals surface area contributed by atoms with Crippen molar-refractivity contribution in [3.8, 4) is 0 Å². The Bertz CT molecular complexity index is 262. The molecule has 12 heavy (non-hydrogen) atoms. The Hall–Kier alpha value is -0.830. The van der Waals surface area contributed by atoms with Gasteiger partial charge < -0.3 is 4.79 Å². The molecule has 0 saturated carbocycles. The average Bonchev–Trinajstić information content (AvgIpc) is 2.15. The van der Waals surface area contributed by atoms with Gasteiger partial charge in [-0.3, -0.25) is 0 Å². The number of thioether (sulfide) groups is 1. The minimum Gasteiger partial charge on any atom is -0.303 e. The van der Waals surface area contributed by atoms with Gasteiger partial charge in [-0.2, -0.15) is 0 Å². The molecule has 0 aliphatic heterocycles. The van der Waals surface area contributed by atoms with Crippen LogP contribution in [0, 0.1) is 0 Å². The second kappa shape index (κ2) is 4.93. The summed E-state index contributed by atoms with van der Waals surface area (Å²) in [7, 11) is 0. The third-order valence-electron chi connectivity index (χ3n) is 1.57. The second-order valence-corrected chi connectivity index (χ2v) is 3.17. The molecule has 0 N–H and O–H groups in total. The molecule has 0 fully saturated rings. The van der Waals surface area contributed by atoms with Crippen LogP contribution in [-0.2, 0) is 11.2 Å². The highest BCUT2D eigenvalue weighted by Crippen LogP contribution is 2.17. The minimum absolute atomic E-state index is 0.583. The molecule has 0 aromatic carbocycles. The van der Waals surface area contributed by atoms with Gasteiger partial charge >= 0.3 is 0 Å². The van der Waals surface area contributed by atoms with Gasteiger partial charge in [0.15, 0.2) is 0 Å². The van der Waals surface area contributed by atoms with Gasteiger partial charge in [0, 0.05) is 12.6 Å². The van der Waals surface area contributed by atoms with Gasteiger partial charge in [0.2, 0.25) is 0 Å². The molecule has 1 heterocycles. The van der Waals surface area contributed by atoms with E-state index in [1.807, 2.05) is 18.4 Å². The van der Waals surface area contributed by atoms with Gasteiger partial charge in [-0.25, -0.2) is 4.98 Å². The van der Waals surface area contributed by atoms with E-state index in [4.69, 9.17) is 0 Å². The van der Waals surface area contributed by atoms with Crippen molar-refractivity contribution in [1.29, 1.82) is 0 Å². The predicted molar refractivity (Wildman–Crippen MR) is 50.4 cm³/mol. The van der Waals surface area contributed by atoms with E-state index in [9.17, 15) is 4.79 Å². The lowest BCUT2D eigenvalue weighted by atomic mass is 10.2. The van der Waals surface area contributed by atoms with Crippen LogP contribution in [0.1, 0.15) is 12.0 Å². The van der Waals surface area contributed by atoms with Crippen LogP contribution < -0.4 is 0 Å². The van der Waals surface area contributed by atoms with E-state index in [0.29, 0.717) is 6.42 Å². The van der Waals surface area contributed by atoms with Crippen molar-refractivity contribution in [3.05, 3.63) is 23.9 Å². The first-order chi connectivity index (χ1) is 5.88. The molecule has 0 radical (unpaired) electrons. The highest BCUT2D eigenvalue weighted by atomic mass is 32.2. The number of rotatable bonds is 4. The molecule has 0 aliphatic rings. The van der Waals surface area contributed by atoms with Crippen LogP contribution in [0.25, 0.3) is 0 Å². The lowest BCUT2D eigenvalue weighted by Gasteiger charge is -2.02. The Balaban J connectivity index is 2.74. The van der Waals surface area contributed by atoms with Crippen LogP contribution in [0.3, 0.4) is 0 Å². The minimum atomic E-state index is 0.583. The zero-order valence-corrected chi connectivity index (χ0v) is 7.80. The maximum atomic E-state index is 10.2. The lowest BCUT2D eigenvalue weighted by molar-refractivity contribution is -0.107. The fourth-order valence-corrected chi connectivity index (χ4v) is 1.61. The highest BCUT2D eigenvalue weighted by Gasteiger charge is 1.99. The van der Waals surface area contributed by atoms with Crippen molar-refractivity contribution >= 4 is 18.0 Å². The number of hydrogen-bond donors (Lipinski definition) is 0. The number of aryl methyl sites for hydroxylation is 1. The number of aldehydes is 1. The van der Waals surface area contributed by atoms with Gasteiger partial charge in [0.05, 0.1) is 5.03 Å². The molecule has 0 atom stereocenters. The van der Waals surface area contributed by atoms with E-state index in [1.54, 1.807) is 18.0 Å². The van der Waals surface area contributed by atoms with E-state index in [2.05, 4.69) is 4.98 Å². The summed E-state index contributed by atoms with van der Waals surface area (Å²) in [4.78, 5) is 14.3. The van der Waals surface area contributed by atoms with E-state index in [-0.39, 0.29) is 0 Å². The number of nitrogens with zero attached hydrogens (tertiary/aromatic N) is 1. The Kier molecular flexibility index (Phi) is 3.80. The van der Waals surface area contributed by atoms with E-state index >= 15 is 0 Å². The van der Waals surface area contributed by atoms with Crippen molar-refractivity contribution in [1.82, 2.24) is 4.98 Å². The Labute approximate surface area is 76.4 Å². The van der Waals surface area contributed by atoms with E-state index < -0.39 is 0 Å². The first-order valence-corrected chi connectivity index (χ1v) is 5.02. The highest BCUT2D eigenvalue weighted by molar-refractivity contribution is 7.98. The molecule has 1 aromatic heterocycles. The molecule has 2 nitrogen and oxygen atoms in total. The molecular formula is C9H11NOS. The zero-order chi connectivity index (χ0) is 8.81. The molecule has 0 aliphatic carbocycles. The lowest BCUT2D eigenvalue weighted by Crippen LogP contribution is -1.91. The number of carbonyl (C=O) groups is 1. The largest absolute Gasteiger partial charge is 0.303 e. The van der Waals surface area contributed by atoms with Gasteiger partial charge in [-0.15, -0.1) is 11.8 Å². The number of aromatic nitrogens is 1. The van der Waals surface area contributed by atoms with Gasteiger partial charge in [-0.05, 0) is 24.3 Å². The number of pyridine rings is 1. The average molecular weight is 181 g/mol. The summed E-state index contributed by atoms with van der Waals surface area (Å²) in [5, 5.41) is 1.03. The van der Waals surface area contributed by atoms with Crippen LogP contribution in [0.4, 0.5) is 0 Å². The first kappa shape index (κ1) is 9.26. The normalized spacial score (nSPS) is 9.75. The Morgan fingerprint density at radius 1 is 1.67 bits per heavy atom. The van der Waals surface area contributed by atoms with E-state index in [0.717, 1.165) is 23.3 Å². The fraction of sp³-hybridized carbons (Fsp3) is 0.333. The van der Waals surface area contributed by atoms with Crippen LogP contribution >= 0.6 is 11.8 Å². The first-order valence-electron chi connectivity index (χ1n) is 3.80. The molecule has 1 rings (SSSR count). The SMILES string of the molecule is CSc1ncccc1CCC=O. The van der Waals surface area contributed by atoms with Crippen molar-refractivity contribution in [2.45, 2.75) is 17.9 Å². The Morgan fingerprint density at radius 3 is 3.17 bits per heavy atom. The standard InChI is InChI=1S/C9H11NOS/c1-12-9-8(5-3-7-11)4-2-6-10-9/h2,4,6-7H,3,5H2,1H3. The number of carbonyl (C=O) groups excluding carboxylic acids is 1. The molecular weight excluding hydrogens is 170 g/mol. The summed E-state index contributed by atoms with van der Waals surface area (Å²) in [5.41, 5.74) is 1.16. The van der Waals surface area contributed by atoms with Gasteiger partial charge in [0.25, 0.3) is 0 Å². The van der Waals surface area contributed by atoms with Crippen LogP contribution in [0.5, 0.6) is 0 Å². The monoisotopic (exact) mass is 181 g/mol. The third-order valence-corrected chi connectivity index (χ3v) is 2.33. The van der Waals surface area contributed by atoms with Gasteiger partial charge in [-0.1, -0.05) is 6.07 Å². The fourth-order valence-electron chi connectivity index (χ4n) is 1.01. The Morgan fingerprint density at radius 2 is 2.50 bits per heavy atom. The summed E-state index contributed by atoms with van der Waals surface area (Å²) in [6, 6.07) is 3.92. The topological polar surface area (TPSA) is 30.0 Å². The predicted octanol–water partition coefficient (Wildman–Crippen LogP) is 1.94.